The van der Waals surface area contributed by atoms with Gasteiger partial charge in [-0.1, -0.05) is 13.3 Å². The van der Waals surface area contributed by atoms with Crippen LogP contribution < -0.4 is 5.32 Å². The van der Waals surface area contributed by atoms with Crippen molar-refractivity contribution in [2.45, 2.75) is 64.0 Å². The summed E-state index contributed by atoms with van der Waals surface area (Å²) in [6.45, 7) is 7.27. The number of likely N-dealkylation sites (tertiary alicyclic amines) is 1. The van der Waals surface area contributed by atoms with E-state index in [1.807, 2.05) is 6.92 Å². The van der Waals surface area contributed by atoms with Crippen molar-refractivity contribution in [2.24, 2.45) is 5.92 Å². The number of nitrogens with zero attached hydrogens (tertiary/aromatic N) is 1. The van der Waals surface area contributed by atoms with Crippen LogP contribution in [0, 0.1) is 5.92 Å². The van der Waals surface area contributed by atoms with E-state index in [2.05, 4.69) is 17.1 Å². The molecule has 2 aliphatic rings. The Kier molecular flexibility index (Phi) is 5.44. The topological polar surface area (TPSA) is 41.6 Å². The number of ether oxygens (including phenoxy) is 1. The zero-order chi connectivity index (χ0) is 14.6. The second-order valence-electron chi connectivity index (χ2n) is 6.72. The molecule has 2 rings (SSSR count). The molecule has 0 aromatic rings. The van der Waals surface area contributed by atoms with Crippen LogP contribution in [-0.2, 0) is 9.53 Å². The Hall–Kier alpha value is -0.610. The zero-order valence-corrected chi connectivity index (χ0v) is 13.3. The maximum Gasteiger partial charge on any atom is 0.327 e. The number of methoxy groups -OCH3 is 1. The van der Waals surface area contributed by atoms with E-state index < -0.39 is 5.54 Å². The van der Waals surface area contributed by atoms with Crippen LogP contribution >= 0.6 is 0 Å². The van der Waals surface area contributed by atoms with Crippen molar-refractivity contribution in [3.05, 3.63) is 0 Å². The summed E-state index contributed by atoms with van der Waals surface area (Å²) >= 11 is 0. The summed E-state index contributed by atoms with van der Waals surface area (Å²) in [6.07, 6.45) is 7.49. The molecule has 0 aromatic heterocycles. The molecule has 0 radical (unpaired) electrons. The summed E-state index contributed by atoms with van der Waals surface area (Å²) in [6, 6.07) is 0.509. The summed E-state index contributed by atoms with van der Waals surface area (Å²) in [5.74, 6) is 0.737. The fourth-order valence-electron chi connectivity index (χ4n) is 3.31. The molecule has 1 N–H and O–H groups in total. The predicted octanol–water partition coefficient (Wildman–Crippen LogP) is 2.18. The Morgan fingerprint density at radius 1 is 1.30 bits per heavy atom. The fraction of sp³-hybridized carbons (Fsp3) is 0.938. The monoisotopic (exact) mass is 282 g/mol. The largest absolute Gasteiger partial charge is 0.468 e. The van der Waals surface area contributed by atoms with Gasteiger partial charge < -0.3 is 9.64 Å². The molecule has 4 nitrogen and oxygen atoms in total. The lowest BCUT2D eigenvalue weighted by Crippen LogP contribution is -2.58. The molecule has 1 aliphatic heterocycles. The Balaban J connectivity index is 1.94. The van der Waals surface area contributed by atoms with Crippen molar-refractivity contribution >= 4 is 5.97 Å². The Labute approximate surface area is 123 Å². The third-order valence-electron chi connectivity index (χ3n) is 4.79. The van der Waals surface area contributed by atoms with Crippen LogP contribution in [0.4, 0.5) is 0 Å². The van der Waals surface area contributed by atoms with Gasteiger partial charge in [-0.15, -0.1) is 0 Å². The van der Waals surface area contributed by atoms with Crippen LogP contribution in [0.1, 0.15) is 52.4 Å². The third-order valence-corrected chi connectivity index (χ3v) is 4.79. The lowest BCUT2D eigenvalue weighted by molar-refractivity contribution is -0.148. The van der Waals surface area contributed by atoms with Crippen LogP contribution in [0.3, 0.4) is 0 Å². The molecular formula is C16H30N2O2. The van der Waals surface area contributed by atoms with E-state index in [0.717, 1.165) is 25.6 Å². The molecule has 2 atom stereocenters. The minimum atomic E-state index is -0.554. The molecule has 116 valence electrons. The van der Waals surface area contributed by atoms with Gasteiger partial charge in [0.15, 0.2) is 0 Å². The van der Waals surface area contributed by atoms with Crippen LogP contribution in [0.5, 0.6) is 0 Å². The highest BCUT2D eigenvalue weighted by atomic mass is 16.5. The molecule has 0 amide bonds. The first-order valence-electron chi connectivity index (χ1n) is 8.16. The van der Waals surface area contributed by atoms with Crippen molar-refractivity contribution in [1.29, 1.82) is 0 Å². The number of carbonyl (C=O) groups is 1. The smallest absolute Gasteiger partial charge is 0.327 e. The summed E-state index contributed by atoms with van der Waals surface area (Å²) in [5, 5.41) is 3.49. The highest BCUT2D eigenvalue weighted by molar-refractivity contribution is 5.80. The molecule has 1 aliphatic carbocycles. The van der Waals surface area contributed by atoms with E-state index in [4.69, 9.17) is 4.74 Å². The van der Waals surface area contributed by atoms with E-state index in [0.29, 0.717) is 6.04 Å². The lowest BCUT2D eigenvalue weighted by atomic mass is 9.98. The van der Waals surface area contributed by atoms with E-state index in [-0.39, 0.29) is 5.97 Å². The van der Waals surface area contributed by atoms with Gasteiger partial charge in [-0.3, -0.25) is 10.1 Å². The van der Waals surface area contributed by atoms with Gasteiger partial charge in [0.05, 0.1) is 7.11 Å². The van der Waals surface area contributed by atoms with Crippen molar-refractivity contribution in [3.8, 4) is 0 Å². The Morgan fingerprint density at radius 2 is 2.05 bits per heavy atom. The van der Waals surface area contributed by atoms with Gasteiger partial charge in [0.2, 0.25) is 0 Å². The number of rotatable bonds is 6. The normalized spacial score (nSPS) is 27.6. The average Bonchev–Trinajstić information content (AvgIpc) is 3.25. The SMILES string of the molecule is CCC1CCCN(CC(C)(NC2CC2)C(=O)OC)CC1. The van der Waals surface area contributed by atoms with E-state index in [1.165, 1.54) is 45.6 Å². The molecule has 20 heavy (non-hydrogen) atoms. The van der Waals surface area contributed by atoms with E-state index >= 15 is 0 Å². The van der Waals surface area contributed by atoms with Crippen LogP contribution in [0.15, 0.2) is 0 Å². The molecule has 1 heterocycles. The van der Waals surface area contributed by atoms with Crippen molar-refractivity contribution in [2.75, 3.05) is 26.7 Å². The first-order valence-corrected chi connectivity index (χ1v) is 8.16. The molecule has 1 saturated carbocycles. The third kappa shape index (κ3) is 4.19. The number of carbonyl (C=O) groups excluding carboxylic acids is 1. The second-order valence-corrected chi connectivity index (χ2v) is 6.72. The molecule has 0 bridgehead atoms. The summed E-state index contributed by atoms with van der Waals surface area (Å²) < 4.78 is 5.03. The van der Waals surface area contributed by atoms with Gasteiger partial charge in [-0.25, -0.2) is 0 Å². The number of hydrogen-bond acceptors (Lipinski definition) is 4. The van der Waals surface area contributed by atoms with Crippen molar-refractivity contribution < 1.29 is 9.53 Å². The van der Waals surface area contributed by atoms with E-state index in [1.54, 1.807) is 0 Å². The molecule has 0 aromatic carbocycles. The maximum atomic E-state index is 12.2. The molecule has 4 heteroatoms. The minimum Gasteiger partial charge on any atom is -0.468 e. The van der Waals surface area contributed by atoms with Gasteiger partial charge >= 0.3 is 5.97 Å². The van der Waals surface area contributed by atoms with Crippen molar-refractivity contribution in [3.63, 3.8) is 0 Å². The Bertz CT molecular complexity index is 330. The minimum absolute atomic E-state index is 0.124. The fourth-order valence-corrected chi connectivity index (χ4v) is 3.31. The van der Waals surface area contributed by atoms with Gasteiger partial charge in [0, 0.05) is 12.6 Å². The second kappa shape index (κ2) is 6.90. The first-order chi connectivity index (χ1) is 9.57. The van der Waals surface area contributed by atoms with Crippen LogP contribution in [0.25, 0.3) is 0 Å². The molecule has 2 unspecified atom stereocenters. The molecule has 0 spiro atoms. The highest BCUT2D eigenvalue weighted by Gasteiger charge is 2.40. The molecule has 1 saturated heterocycles. The highest BCUT2D eigenvalue weighted by Crippen LogP contribution is 2.25. The standard InChI is InChI=1S/C16H30N2O2/c1-4-13-6-5-10-18(11-9-13)12-16(2,15(19)20-3)17-14-7-8-14/h13-14,17H,4-12H2,1-3H3. The summed E-state index contributed by atoms with van der Waals surface area (Å²) in [7, 11) is 1.49. The molecule has 2 fully saturated rings. The van der Waals surface area contributed by atoms with Crippen molar-refractivity contribution in [1.82, 2.24) is 10.2 Å². The first kappa shape index (κ1) is 15.8. The van der Waals surface area contributed by atoms with E-state index in [9.17, 15) is 4.79 Å². The number of nitrogens with one attached hydrogen (secondary N) is 1. The predicted molar refractivity (Wildman–Crippen MR) is 80.7 cm³/mol. The van der Waals surface area contributed by atoms with Gasteiger partial charge in [-0.2, -0.15) is 0 Å². The number of esters is 1. The van der Waals surface area contributed by atoms with Crippen LogP contribution in [-0.4, -0.2) is 49.2 Å². The lowest BCUT2D eigenvalue weighted by Gasteiger charge is -2.34. The molecular weight excluding hydrogens is 252 g/mol. The Morgan fingerprint density at radius 3 is 2.65 bits per heavy atom. The van der Waals surface area contributed by atoms with Gasteiger partial charge in [0.25, 0.3) is 0 Å². The maximum absolute atomic E-state index is 12.2. The van der Waals surface area contributed by atoms with Crippen LogP contribution in [0.2, 0.25) is 0 Å². The van der Waals surface area contributed by atoms with Gasteiger partial charge in [0.1, 0.15) is 5.54 Å². The van der Waals surface area contributed by atoms with Gasteiger partial charge in [-0.05, 0) is 58.0 Å². The number of hydrogen-bond donors (Lipinski definition) is 1. The zero-order valence-electron chi connectivity index (χ0n) is 13.3. The quantitative estimate of drug-likeness (QED) is 0.758. The summed E-state index contributed by atoms with van der Waals surface area (Å²) in [5.41, 5.74) is -0.554. The average molecular weight is 282 g/mol. The summed E-state index contributed by atoms with van der Waals surface area (Å²) in [4.78, 5) is 14.6.